The molecule has 4 N–H and O–H groups in total. The summed E-state index contributed by atoms with van der Waals surface area (Å²) in [5.41, 5.74) is 5.59. The standard InChI is InChI=1S/C12H13N3O3/c13-11(17)10(8-16)7-15-12(18)14-6-9-4-2-1-3-5-9/h1-5,7-8,16H,6H2,(H2,13,17)(H,14,18)/b10-8-,15-7+. The number of urea groups is 1. The molecule has 0 aromatic heterocycles. The lowest BCUT2D eigenvalue weighted by molar-refractivity contribution is -0.114. The fourth-order valence-corrected chi connectivity index (χ4v) is 1.11. The van der Waals surface area contributed by atoms with Crippen LogP contribution < -0.4 is 11.1 Å². The molecule has 94 valence electrons. The van der Waals surface area contributed by atoms with Gasteiger partial charge in [-0.3, -0.25) is 4.79 Å². The van der Waals surface area contributed by atoms with E-state index < -0.39 is 11.9 Å². The highest BCUT2D eigenvalue weighted by Gasteiger charge is 2.02. The summed E-state index contributed by atoms with van der Waals surface area (Å²) in [4.78, 5) is 25.4. The minimum Gasteiger partial charge on any atom is -0.515 e. The Morgan fingerprint density at radius 3 is 2.56 bits per heavy atom. The second-order valence-corrected chi connectivity index (χ2v) is 3.35. The van der Waals surface area contributed by atoms with Crippen molar-refractivity contribution in [2.45, 2.75) is 6.54 Å². The summed E-state index contributed by atoms with van der Waals surface area (Å²) >= 11 is 0. The predicted molar refractivity (Wildman–Crippen MR) is 67.1 cm³/mol. The van der Waals surface area contributed by atoms with Crippen LogP contribution >= 0.6 is 0 Å². The molecular weight excluding hydrogens is 234 g/mol. The topological polar surface area (TPSA) is 105 Å². The van der Waals surface area contributed by atoms with Crippen molar-refractivity contribution < 1.29 is 14.7 Å². The second-order valence-electron chi connectivity index (χ2n) is 3.35. The molecule has 0 aliphatic heterocycles. The number of amides is 3. The Hall–Kier alpha value is -2.63. The van der Waals surface area contributed by atoms with Crippen LogP contribution in [0.4, 0.5) is 4.79 Å². The third kappa shape index (κ3) is 4.48. The van der Waals surface area contributed by atoms with Gasteiger partial charge in [0, 0.05) is 12.8 Å². The van der Waals surface area contributed by atoms with Gasteiger partial charge in [0.2, 0.25) is 0 Å². The Labute approximate surface area is 104 Å². The molecule has 0 fully saturated rings. The zero-order chi connectivity index (χ0) is 13.4. The Balaban J connectivity index is 2.48. The molecule has 0 radical (unpaired) electrons. The summed E-state index contributed by atoms with van der Waals surface area (Å²) < 4.78 is 0. The van der Waals surface area contributed by atoms with Crippen molar-refractivity contribution in [1.82, 2.24) is 5.32 Å². The molecule has 0 spiro atoms. The average Bonchev–Trinajstić information content (AvgIpc) is 2.38. The highest BCUT2D eigenvalue weighted by Crippen LogP contribution is 1.97. The first-order valence-corrected chi connectivity index (χ1v) is 5.13. The van der Waals surface area contributed by atoms with E-state index in [2.05, 4.69) is 10.3 Å². The number of aliphatic imine (C=N–C) groups is 1. The number of benzene rings is 1. The number of nitrogens with zero attached hydrogens (tertiary/aromatic N) is 1. The fourth-order valence-electron chi connectivity index (χ4n) is 1.11. The highest BCUT2D eigenvalue weighted by atomic mass is 16.2. The molecule has 6 nitrogen and oxygen atoms in total. The fraction of sp³-hybridized carbons (Fsp3) is 0.0833. The third-order valence-electron chi connectivity index (χ3n) is 2.03. The first kappa shape index (κ1) is 13.4. The van der Waals surface area contributed by atoms with Gasteiger partial charge in [-0.15, -0.1) is 0 Å². The van der Waals surface area contributed by atoms with Crippen molar-refractivity contribution in [3.05, 3.63) is 47.7 Å². The van der Waals surface area contributed by atoms with E-state index in [4.69, 9.17) is 10.8 Å². The van der Waals surface area contributed by atoms with Gasteiger partial charge in [0.05, 0.1) is 11.8 Å². The molecule has 0 aliphatic rings. The maximum atomic E-state index is 11.3. The van der Waals surface area contributed by atoms with Gasteiger partial charge in [0.1, 0.15) is 0 Å². The van der Waals surface area contributed by atoms with Crippen LogP contribution in [0.5, 0.6) is 0 Å². The third-order valence-corrected chi connectivity index (χ3v) is 2.03. The van der Waals surface area contributed by atoms with Gasteiger partial charge in [-0.2, -0.15) is 0 Å². The number of nitrogens with two attached hydrogens (primary N) is 1. The number of aliphatic hydroxyl groups is 1. The summed E-state index contributed by atoms with van der Waals surface area (Å²) in [5, 5.41) is 11.2. The molecule has 0 atom stereocenters. The smallest absolute Gasteiger partial charge is 0.341 e. The van der Waals surface area contributed by atoms with Crippen LogP contribution in [0.1, 0.15) is 5.56 Å². The lowest BCUT2D eigenvalue weighted by Crippen LogP contribution is -2.20. The van der Waals surface area contributed by atoms with Gasteiger partial charge in [-0.05, 0) is 5.56 Å². The van der Waals surface area contributed by atoms with E-state index in [-0.39, 0.29) is 5.57 Å². The lowest BCUT2D eigenvalue weighted by Gasteiger charge is -2.01. The summed E-state index contributed by atoms with van der Waals surface area (Å²) in [7, 11) is 0. The lowest BCUT2D eigenvalue weighted by atomic mass is 10.2. The number of primary amides is 1. The van der Waals surface area contributed by atoms with Crippen LogP contribution in [0.25, 0.3) is 0 Å². The molecule has 0 aliphatic carbocycles. The number of carbonyl (C=O) groups is 2. The van der Waals surface area contributed by atoms with Gasteiger partial charge in [-0.1, -0.05) is 30.3 Å². The van der Waals surface area contributed by atoms with E-state index in [1.807, 2.05) is 30.3 Å². The monoisotopic (exact) mass is 247 g/mol. The molecule has 1 aromatic carbocycles. The minimum atomic E-state index is -0.864. The first-order valence-electron chi connectivity index (χ1n) is 5.13. The van der Waals surface area contributed by atoms with Crippen LogP contribution in [0.3, 0.4) is 0 Å². The molecule has 1 rings (SSSR count). The SMILES string of the molecule is NC(=O)C(=C\O)/C=N/C(=O)NCc1ccccc1. The first-order chi connectivity index (χ1) is 8.63. The van der Waals surface area contributed by atoms with Crippen LogP contribution in [0, 0.1) is 0 Å². The molecule has 0 heterocycles. The Morgan fingerprint density at radius 2 is 2.00 bits per heavy atom. The Bertz CT molecular complexity index is 481. The van der Waals surface area contributed by atoms with E-state index in [9.17, 15) is 9.59 Å². The Morgan fingerprint density at radius 1 is 1.33 bits per heavy atom. The number of hydrogen-bond donors (Lipinski definition) is 3. The minimum absolute atomic E-state index is 0.245. The molecule has 0 unspecified atom stereocenters. The summed E-state index contributed by atoms with van der Waals surface area (Å²) in [6.45, 7) is 0.325. The van der Waals surface area contributed by atoms with Crippen molar-refractivity contribution in [3.8, 4) is 0 Å². The molecular formula is C12H13N3O3. The average molecular weight is 247 g/mol. The van der Waals surface area contributed by atoms with Crippen molar-refractivity contribution in [2.24, 2.45) is 10.7 Å². The van der Waals surface area contributed by atoms with E-state index in [0.717, 1.165) is 11.8 Å². The number of nitrogens with one attached hydrogen (secondary N) is 1. The van der Waals surface area contributed by atoms with Gasteiger partial charge < -0.3 is 16.2 Å². The summed E-state index contributed by atoms with van der Waals surface area (Å²) in [6.07, 6.45) is 1.40. The van der Waals surface area contributed by atoms with Gasteiger partial charge in [0.25, 0.3) is 5.91 Å². The van der Waals surface area contributed by atoms with Crippen LogP contribution in [-0.4, -0.2) is 23.3 Å². The largest absolute Gasteiger partial charge is 0.515 e. The molecule has 6 heteroatoms. The number of carbonyl (C=O) groups excluding carboxylic acids is 2. The zero-order valence-electron chi connectivity index (χ0n) is 9.54. The number of rotatable bonds is 4. The molecule has 0 saturated heterocycles. The van der Waals surface area contributed by atoms with Crippen molar-refractivity contribution in [2.75, 3.05) is 0 Å². The normalized spacial score (nSPS) is 11.4. The van der Waals surface area contributed by atoms with Crippen LogP contribution in [0.2, 0.25) is 0 Å². The van der Waals surface area contributed by atoms with Crippen molar-refractivity contribution >= 4 is 18.2 Å². The highest BCUT2D eigenvalue weighted by molar-refractivity contribution is 6.12. The van der Waals surface area contributed by atoms with E-state index in [1.54, 1.807) is 0 Å². The van der Waals surface area contributed by atoms with E-state index in [0.29, 0.717) is 12.8 Å². The molecule has 0 saturated carbocycles. The molecule has 0 bridgehead atoms. The molecule has 1 aromatic rings. The maximum Gasteiger partial charge on any atom is 0.341 e. The summed E-state index contributed by atoms with van der Waals surface area (Å²) in [6, 6.07) is 8.65. The van der Waals surface area contributed by atoms with Crippen molar-refractivity contribution in [3.63, 3.8) is 0 Å². The molecule has 3 amide bonds. The second kappa shape index (κ2) is 6.85. The van der Waals surface area contributed by atoms with Crippen LogP contribution in [-0.2, 0) is 11.3 Å². The molecule has 18 heavy (non-hydrogen) atoms. The van der Waals surface area contributed by atoms with E-state index in [1.165, 1.54) is 0 Å². The van der Waals surface area contributed by atoms with Gasteiger partial charge in [-0.25, -0.2) is 9.79 Å². The Kier molecular flexibility index (Phi) is 5.11. The maximum absolute atomic E-state index is 11.3. The van der Waals surface area contributed by atoms with Crippen molar-refractivity contribution in [1.29, 1.82) is 0 Å². The summed E-state index contributed by atoms with van der Waals surface area (Å²) in [5.74, 6) is -0.864. The number of aliphatic hydroxyl groups excluding tert-OH is 1. The number of hydrogen-bond acceptors (Lipinski definition) is 3. The van der Waals surface area contributed by atoms with Crippen LogP contribution in [0.15, 0.2) is 47.2 Å². The predicted octanol–water partition coefficient (Wildman–Crippen LogP) is 0.894. The zero-order valence-corrected chi connectivity index (χ0v) is 9.54. The quantitative estimate of drug-likeness (QED) is 0.418. The van der Waals surface area contributed by atoms with Gasteiger partial charge >= 0.3 is 6.03 Å². The van der Waals surface area contributed by atoms with E-state index >= 15 is 0 Å². The van der Waals surface area contributed by atoms with Gasteiger partial charge in [0.15, 0.2) is 0 Å².